The zero-order chi connectivity index (χ0) is 15.9. The van der Waals surface area contributed by atoms with Gasteiger partial charge in [-0.05, 0) is 74.9 Å². The van der Waals surface area contributed by atoms with Crippen LogP contribution < -0.4 is 4.74 Å². The summed E-state index contributed by atoms with van der Waals surface area (Å²) in [6.07, 6.45) is 1.96. The normalized spacial score (nSPS) is 11.0. The summed E-state index contributed by atoms with van der Waals surface area (Å²) >= 11 is 6.09. The summed E-state index contributed by atoms with van der Waals surface area (Å²) in [6, 6.07) is 12.0. The van der Waals surface area contributed by atoms with Crippen LogP contribution in [0.15, 0.2) is 42.5 Å². The molecule has 2 rings (SSSR count). The number of aryl methyl sites for hydroxylation is 1. The van der Waals surface area contributed by atoms with Crippen LogP contribution in [0.4, 0.5) is 4.39 Å². The minimum absolute atomic E-state index is 0.236. The second-order valence-electron chi connectivity index (χ2n) is 5.57. The lowest BCUT2D eigenvalue weighted by Gasteiger charge is -2.14. The monoisotopic (exact) mass is 321 g/mol. The molecule has 0 saturated heterocycles. The number of ether oxygens (including phenoxy) is 1. The molecule has 0 spiro atoms. The van der Waals surface area contributed by atoms with Crippen LogP contribution in [0.3, 0.4) is 0 Å². The van der Waals surface area contributed by atoms with E-state index in [0.29, 0.717) is 11.6 Å². The van der Waals surface area contributed by atoms with Gasteiger partial charge in [0.25, 0.3) is 0 Å². The smallest absolute Gasteiger partial charge is 0.123 e. The zero-order valence-corrected chi connectivity index (χ0v) is 13.7. The third kappa shape index (κ3) is 5.32. The minimum Gasteiger partial charge on any atom is -0.489 e. The number of rotatable bonds is 7. The van der Waals surface area contributed by atoms with Crippen molar-refractivity contribution in [2.24, 2.45) is 0 Å². The summed E-state index contributed by atoms with van der Waals surface area (Å²) in [5.74, 6) is 0.604. The predicted octanol–water partition coefficient (Wildman–Crippen LogP) is 4.55. The Bertz CT molecular complexity index is 599. The molecule has 0 N–H and O–H groups in total. The van der Waals surface area contributed by atoms with E-state index in [-0.39, 0.29) is 5.82 Å². The number of hydrogen-bond donors (Lipinski definition) is 0. The first-order chi connectivity index (χ1) is 10.5. The Balaban J connectivity index is 2.01. The number of benzene rings is 2. The molecular weight excluding hydrogens is 301 g/mol. The Morgan fingerprint density at radius 3 is 2.50 bits per heavy atom. The van der Waals surface area contributed by atoms with E-state index in [1.54, 1.807) is 12.1 Å². The first kappa shape index (κ1) is 16.8. The maximum atomic E-state index is 12.9. The van der Waals surface area contributed by atoms with Crippen molar-refractivity contribution in [3.63, 3.8) is 0 Å². The maximum absolute atomic E-state index is 12.9. The lowest BCUT2D eigenvalue weighted by Crippen LogP contribution is -2.13. The molecule has 2 nitrogen and oxygen atoms in total. The molecule has 4 heteroatoms. The first-order valence-electron chi connectivity index (χ1n) is 7.35. The van der Waals surface area contributed by atoms with Crippen molar-refractivity contribution in [1.29, 1.82) is 0 Å². The Morgan fingerprint density at radius 2 is 1.82 bits per heavy atom. The summed E-state index contributed by atoms with van der Waals surface area (Å²) in [4.78, 5) is 2.16. The quantitative estimate of drug-likeness (QED) is 0.741. The molecule has 2 aromatic rings. The fourth-order valence-electron chi connectivity index (χ4n) is 2.21. The molecule has 2 aromatic carbocycles. The molecule has 0 saturated carbocycles. The topological polar surface area (TPSA) is 12.5 Å². The van der Waals surface area contributed by atoms with Crippen molar-refractivity contribution in [2.75, 3.05) is 20.6 Å². The molecule has 0 fully saturated rings. The maximum Gasteiger partial charge on any atom is 0.123 e. The SMILES string of the molecule is CN(C)CCCc1cc(Cl)ccc1OCc1ccc(F)cc1. The summed E-state index contributed by atoms with van der Waals surface area (Å²) in [6.45, 7) is 1.44. The van der Waals surface area contributed by atoms with E-state index < -0.39 is 0 Å². The molecule has 0 aliphatic rings. The molecule has 22 heavy (non-hydrogen) atoms. The van der Waals surface area contributed by atoms with Gasteiger partial charge in [0.05, 0.1) is 0 Å². The molecule has 0 aromatic heterocycles. The van der Waals surface area contributed by atoms with Crippen molar-refractivity contribution in [3.8, 4) is 5.75 Å². The molecule has 0 heterocycles. The third-order valence-electron chi connectivity index (χ3n) is 3.38. The molecule has 0 aliphatic heterocycles. The van der Waals surface area contributed by atoms with E-state index in [2.05, 4.69) is 19.0 Å². The Morgan fingerprint density at radius 1 is 1.09 bits per heavy atom. The number of nitrogens with zero attached hydrogens (tertiary/aromatic N) is 1. The van der Waals surface area contributed by atoms with Gasteiger partial charge in [-0.15, -0.1) is 0 Å². The van der Waals surface area contributed by atoms with Crippen LogP contribution in [0.5, 0.6) is 5.75 Å². The van der Waals surface area contributed by atoms with E-state index in [4.69, 9.17) is 16.3 Å². The minimum atomic E-state index is -0.236. The van der Waals surface area contributed by atoms with Gasteiger partial charge < -0.3 is 9.64 Å². The summed E-state index contributed by atoms with van der Waals surface area (Å²) in [7, 11) is 4.12. The van der Waals surface area contributed by atoms with Crippen LogP contribution in [0.1, 0.15) is 17.5 Å². The van der Waals surface area contributed by atoms with Gasteiger partial charge in [0, 0.05) is 5.02 Å². The van der Waals surface area contributed by atoms with Crippen LogP contribution in [-0.4, -0.2) is 25.5 Å². The van der Waals surface area contributed by atoms with Crippen LogP contribution in [0.2, 0.25) is 5.02 Å². The van der Waals surface area contributed by atoms with Gasteiger partial charge in [0.15, 0.2) is 0 Å². The molecule has 0 bridgehead atoms. The van der Waals surface area contributed by atoms with Crippen LogP contribution >= 0.6 is 11.6 Å². The van der Waals surface area contributed by atoms with Crippen molar-refractivity contribution >= 4 is 11.6 Å². The summed E-state index contributed by atoms with van der Waals surface area (Å²) in [5, 5.41) is 0.717. The average Bonchev–Trinajstić information content (AvgIpc) is 2.48. The van der Waals surface area contributed by atoms with E-state index in [1.165, 1.54) is 12.1 Å². The second-order valence-corrected chi connectivity index (χ2v) is 6.01. The molecule has 0 aliphatic carbocycles. The highest BCUT2D eigenvalue weighted by Crippen LogP contribution is 2.25. The van der Waals surface area contributed by atoms with Crippen molar-refractivity contribution in [2.45, 2.75) is 19.4 Å². The van der Waals surface area contributed by atoms with Gasteiger partial charge in [-0.1, -0.05) is 23.7 Å². The largest absolute Gasteiger partial charge is 0.489 e. The van der Waals surface area contributed by atoms with Crippen LogP contribution in [0, 0.1) is 5.82 Å². The first-order valence-corrected chi connectivity index (χ1v) is 7.73. The van der Waals surface area contributed by atoms with Crippen LogP contribution in [0.25, 0.3) is 0 Å². The molecule has 0 radical (unpaired) electrons. The fraction of sp³-hybridized carbons (Fsp3) is 0.333. The summed E-state index contributed by atoms with van der Waals surface area (Å²) < 4.78 is 18.8. The second kappa shape index (κ2) is 8.16. The highest BCUT2D eigenvalue weighted by molar-refractivity contribution is 6.30. The van der Waals surface area contributed by atoms with Crippen LogP contribution in [-0.2, 0) is 13.0 Å². The molecule has 0 unspecified atom stereocenters. The molecule has 0 atom stereocenters. The Hall–Kier alpha value is -1.58. The van der Waals surface area contributed by atoms with E-state index in [0.717, 1.165) is 36.3 Å². The fourth-order valence-corrected chi connectivity index (χ4v) is 2.41. The van der Waals surface area contributed by atoms with Gasteiger partial charge in [0.1, 0.15) is 18.2 Å². The molecule has 118 valence electrons. The third-order valence-corrected chi connectivity index (χ3v) is 3.62. The highest BCUT2D eigenvalue weighted by atomic mass is 35.5. The Labute approximate surface area is 136 Å². The van der Waals surface area contributed by atoms with Gasteiger partial charge in [0.2, 0.25) is 0 Å². The predicted molar refractivity (Wildman–Crippen MR) is 89.1 cm³/mol. The average molecular weight is 322 g/mol. The van der Waals surface area contributed by atoms with Gasteiger partial charge in [-0.25, -0.2) is 4.39 Å². The Kier molecular flexibility index (Phi) is 6.22. The number of halogens is 2. The van der Waals surface area contributed by atoms with E-state index in [9.17, 15) is 4.39 Å². The summed E-state index contributed by atoms with van der Waals surface area (Å²) in [5.41, 5.74) is 2.05. The van der Waals surface area contributed by atoms with E-state index in [1.807, 2.05) is 18.2 Å². The van der Waals surface area contributed by atoms with Gasteiger partial charge in [-0.3, -0.25) is 0 Å². The number of hydrogen-bond acceptors (Lipinski definition) is 2. The standard InChI is InChI=1S/C18H21ClFNO/c1-21(2)11-3-4-15-12-16(19)7-10-18(15)22-13-14-5-8-17(20)9-6-14/h5-10,12H,3-4,11,13H2,1-2H3. The van der Waals surface area contributed by atoms with Crippen molar-refractivity contribution in [1.82, 2.24) is 4.90 Å². The lowest BCUT2D eigenvalue weighted by molar-refractivity contribution is 0.302. The van der Waals surface area contributed by atoms with Crippen molar-refractivity contribution in [3.05, 3.63) is 64.4 Å². The van der Waals surface area contributed by atoms with Crippen molar-refractivity contribution < 1.29 is 9.13 Å². The zero-order valence-electron chi connectivity index (χ0n) is 13.0. The van der Waals surface area contributed by atoms with Gasteiger partial charge >= 0.3 is 0 Å². The molecular formula is C18H21ClFNO. The molecule has 0 amide bonds. The lowest BCUT2D eigenvalue weighted by atomic mass is 10.1. The van der Waals surface area contributed by atoms with Gasteiger partial charge in [-0.2, -0.15) is 0 Å². The highest BCUT2D eigenvalue weighted by Gasteiger charge is 2.06. The van der Waals surface area contributed by atoms with E-state index >= 15 is 0 Å².